The fraction of sp³-hybridized carbons (Fsp3) is 0.643. The molecule has 0 radical (unpaired) electrons. The molecule has 2 aliphatic rings. The molecule has 0 unspecified atom stereocenters. The summed E-state index contributed by atoms with van der Waals surface area (Å²) >= 11 is 5.40. The van der Waals surface area contributed by atoms with Crippen molar-refractivity contribution in [1.29, 1.82) is 0 Å². The van der Waals surface area contributed by atoms with Gasteiger partial charge in [0.2, 0.25) is 0 Å². The summed E-state index contributed by atoms with van der Waals surface area (Å²) in [6.45, 7) is 0.836. The highest BCUT2D eigenvalue weighted by atomic mass is 127. The zero-order chi connectivity index (χ0) is 13.5. The average molecular weight is 470 g/mol. The molecule has 0 atom stereocenters. The Morgan fingerprint density at radius 1 is 1.50 bits per heavy atom. The van der Waals surface area contributed by atoms with Crippen LogP contribution < -0.4 is 5.73 Å². The molecule has 0 aromatic carbocycles. The van der Waals surface area contributed by atoms with E-state index in [-0.39, 0.29) is 29.4 Å². The van der Waals surface area contributed by atoms with Crippen LogP contribution in [0.15, 0.2) is 20.9 Å². The van der Waals surface area contributed by atoms with Gasteiger partial charge in [-0.2, -0.15) is 0 Å². The largest absolute Gasteiger partial charge is 0.370 e. The van der Waals surface area contributed by atoms with E-state index in [0.29, 0.717) is 12.0 Å². The fourth-order valence-corrected chi connectivity index (χ4v) is 4.30. The van der Waals surface area contributed by atoms with Crippen LogP contribution >= 0.6 is 51.2 Å². The molecular formula is C14H21BrIN3S. The van der Waals surface area contributed by atoms with Crippen LogP contribution in [-0.2, 0) is 5.41 Å². The summed E-state index contributed by atoms with van der Waals surface area (Å²) < 4.78 is 1.21. The molecule has 1 aromatic heterocycles. The molecule has 2 saturated carbocycles. The van der Waals surface area contributed by atoms with Crippen molar-refractivity contribution in [3.05, 3.63) is 20.8 Å². The Bertz CT molecular complexity index is 494. The molecular weight excluding hydrogens is 449 g/mol. The summed E-state index contributed by atoms with van der Waals surface area (Å²) in [4.78, 5) is 8.27. The quantitative estimate of drug-likeness (QED) is 0.412. The number of nitrogens with two attached hydrogens (primary N) is 1. The summed E-state index contributed by atoms with van der Waals surface area (Å²) in [5, 5.41) is 0. The lowest BCUT2D eigenvalue weighted by Crippen LogP contribution is -2.40. The minimum Gasteiger partial charge on any atom is -0.370 e. The average Bonchev–Trinajstić information content (AvgIpc) is 3.10. The predicted octanol–water partition coefficient (Wildman–Crippen LogP) is 3.96. The third kappa shape index (κ3) is 3.32. The Kier molecular flexibility index (Phi) is 5.40. The maximum atomic E-state index is 6.10. The maximum absolute atomic E-state index is 6.10. The van der Waals surface area contributed by atoms with Crippen LogP contribution in [0.25, 0.3) is 0 Å². The monoisotopic (exact) mass is 469 g/mol. The Morgan fingerprint density at radius 2 is 2.20 bits per heavy atom. The van der Waals surface area contributed by atoms with Crippen LogP contribution in [0.5, 0.6) is 0 Å². The summed E-state index contributed by atoms with van der Waals surface area (Å²) in [6, 6.07) is 5.02. The molecule has 3 nitrogen and oxygen atoms in total. The van der Waals surface area contributed by atoms with Crippen molar-refractivity contribution in [2.45, 2.75) is 43.6 Å². The Labute approximate surface area is 150 Å². The number of hydrogen-bond donors (Lipinski definition) is 1. The molecule has 0 bridgehead atoms. The van der Waals surface area contributed by atoms with Crippen molar-refractivity contribution in [2.75, 3.05) is 13.6 Å². The normalized spacial score (nSPS) is 21.0. The summed E-state index contributed by atoms with van der Waals surface area (Å²) in [7, 11) is 2.06. The minimum absolute atomic E-state index is 0. The molecule has 2 N–H and O–H groups in total. The van der Waals surface area contributed by atoms with E-state index >= 15 is 0 Å². The smallest absolute Gasteiger partial charge is 0.191 e. The van der Waals surface area contributed by atoms with Gasteiger partial charge in [-0.05, 0) is 53.7 Å². The van der Waals surface area contributed by atoms with Gasteiger partial charge in [-0.25, -0.2) is 0 Å². The van der Waals surface area contributed by atoms with Gasteiger partial charge in [0, 0.05) is 23.4 Å². The Morgan fingerprint density at radius 3 is 2.65 bits per heavy atom. The second-order valence-electron chi connectivity index (χ2n) is 5.75. The lowest BCUT2D eigenvalue weighted by molar-refractivity contribution is 0.258. The van der Waals surface area contributed by atoms with Gasteiger partial charge in [-0.1, -0.05) is 6.42 Å². The number of nitrogens with zero attached hydrogens (tertiary/aromatic N) is 2. The molecule has 2 aliphatic carbocycles. The van der Waals surface area contributed by atoms with E-state index in [9.17, 15) is 0 Å². The first-order valence-electron chi connectivity index (χ1n) is 6.89. The topological polar surface area (TPSA) is 41.6 Å². The van der Waals surface area contributed by atoms with E-state index in [1.165, 1.54) is 40.8 Å². The van der Waals surface area contributed by atoms with E-state index in [4.69, 9.17) is 5.73 Å². The number of rotatable bonds is 4. The van der Waals surface area contributed by atoms with Gasteiger partial charge < -0.3 is 10.6 Å². The molecule has 0 spiro atoms. The maximum Gasteiger partial charge on any atom is 0.191 e. The first-order chi connectivity index (χ1) is 9.11. The van der Waals surface area contributed by atoms with Crippen LogP contribution in [-0.4, -0.2) is 30.5 Å². The highest BCUT2D eigenvalue weighted by Crippen LogP contribution is 2.47. The molecule has 3 rings (SSSR count). The zero-order valence-corrected chi connectivity index (χ0v) is 16.4. The highest BCUT2D eigenvalue weighted by Gasteiger charge is 2.40. The standard InChI is InChI=1S/C14H20BrN3S.HI/c1-18(10-3-4-10)13(16)17-9-14(7-2-8-14)11-5-6-12(15)19-11;/h5-6,10H,2-4,7-9H2,1H3,(H2,16,17);1H. The van der Waals surface area contributed by atoms with Gasteiger partial charge in [0.1, 0.15) is 0 Å². The zero-order valence-electron chi connectivity index (χ0n) is 11.6. The van der Waals surface area contributed by atoms with Gasteiger partial charge in [-0.3, -0.25) is 4.99 Å². The lowest BCUT2D eigenvalue weighted by atomic mass is 9.68. The van der Waals surface area contributed by atoms with Crippen molar-refractivity contribution in [3.63, 3.8) is 0 Å². The van der Waals surface area contributed by atoms with Crippen LogP contribution in [0.2, 0.25) is 0 Å². The first kappa shape index (κ1) is 16.5. The second kappa shape index (κ2) is 6.52. The summed E-state index contributed by atoms with van der Waals surface area (Å²) in [5.74, 6) is 0.712. The molecule has 112 valence electrons. The Hall–Kier alpha value is 0.180. The van der Waals surface area contributed by atoms with Gasteiger partial charge in [-0.15, -0.1) is 35.3 Å². The minimum atomic E-state index is 0. The second-order valence-corrected chi connectivity index (χ2v) is 8.22. The molecule has 1 heterocycles. The van der Waals surface area contributed by atoms with Crippen molar-refractivity contribution in [3.8, 4) is 0 Å². The van der Waals surface area contributed by atoms with Crippen molar-refractivity contribution in [2.24, 2.45) is 10.7 Å². The molecule has 0 aliphatic heterocycles. The first-order valence-corrected chi connectivity index (χ1v) is 8.50. The fourth-order valence-electron chi connectivity index (χ4n) is 2.68. The molecule has 0 amide bonds. The molecule has 6 heteroatoms. The third-order valence-electron chi connectivity index (χ3n) is 4.41. The van der Waals surface area contributed by atoms with Crippen LogP contribution in [0, 0.1) is 0 Å². The van der Waals surface area contributed by atoms with E-state index in [0.717, 1.165) is 6.54 Å². The van der Waals surface area contributed by atoms with E-state index in [2.05, 4.69) is 45.0 Å². The van der Waals surface area contributed by atoms with Gasteiger partial charge in [0.15, 0.2) is 5.96 Å². The SMILES string of the molecule is CN(C(N)=NCC1(c2ccc(Br)s2)CCC1)C1CC1.I. The van der Waals surface area contributed by atoms with Crippen molar-refractivity contribution < 1.29 is 0 Å². The number of halogens is 2. The van der Waals surface area contributed by atoms with E-state index < -0.39 is 0 Å². The van der Waals surface area contributed by atoms with E-state index in [1.54, 1.807) is 0 Å². The number of hydrogen-bond acceptors (Lipinski definition) is 2. The Balaban J connectivity index is 0.00000147. The molecule has 20 heavy (non-hydrogen) atoms. The molecule has 0 saturated heterocycles. The van der Waals surface area contributed by atoms with Crippen molar-refractivity contribution >= 4 is 57.2 Å². The predicted molar refractivity (Wildman–Crippen MR) is 100 cm³/mol. The van der Waals surface area contributed by atoms with E-state index in [1.807, 2.05) is 11.3 Å². The van der Waals surface area contributed by atoms with Crippen LogP contribution in [0.3, 0.4) is 0 Å². The van der Waals surface area contributed by atoms with Crippen LogP contribution in [0.1, 0.15) is 37.0 Å². The summed E-state index contributed by atoms with van der Waals surface area (Å²) in [5.41, 5.74) is 6.35. The van der Waals surface area contributed by atoms with Crippen molar-refractivity contribution in [1.82, 2.24) is 4.90 Å². The van der Waals surface area contributed by atoms with Gasteiger partial charge in [0.05, 0.1) is 10.3 Å². The molecule has 1 aromatic rings. The number of thiophene rings is 1. The molecule has 2 fully saturated rings. The van der Waals surface area contributed by atoms with Gasteiger partial charge in [0.25, 0.3) is 0 Å². The van der Waals surface area contributed by atoms with Gasteiger partial charge >= 0.3 is 0 Å². The third-order valence-corrected chi connectivity index (χ3v) is 6.28. The summed E-state index contributed by atoms with van der Waals surface area (Å²) in [6.07, 6.45) is 6.31. The highest BCUT2D eigenvalue weighted by molar-refractivity contribution is 14.0. The number of guanidine groups is 1. The van der Waals surface area contributed by atoms with Crippen LogP contribution in [0.4, 0.5) is 0 Å². The number of aliphatic imine (C=N–C) groups is 1. The lowest BCUT2D eigenvalue weighted by Gasteiger charge is -2.40.